The minimum Gasteiger partial charge on any atom is -0.497 e. The molecule has 0 fully saturated rings. The first-order valence-electron chi connectivity index (χ1n) is 5.45. The second-order valence-electron chi connectivity index (χ2n) is 4.09. The van der Waals surface area contributed by atoms with E-state index in [1.807, 2.05) is 13.0 Å². The van der Waals surface area contributed by atoms with Crippen molar-refractivity contribution >= 4 is 26.5 Å². The van der Waals surface area contributed by atoms with Gasteiger partial charge in [-0.05, 0) is 35.4 Å². The zero-order chi connectivity index (χ0) is 12.0. The average molecular weight is 245 g/mol. The molecule has 0 amide bonds. The van der Waals surface area contributed by atoms with E-state index in [1.165, 1.54) is 15.9 Å². The summed E-state index contributed by atoms with van der Waals surface area (Å²) in [4.78, 5) is 5.60. The molecule has 0 spiro atoms. The summed E-state index contributed by atoms with van der Waals surface area (Å²) in [6.45, 7) is 4.13. The Morgan fingerprint density at radius 3 is 2.82 bits per heavy atom. The van der Waals surface area contributed by atoms with Gasteiger partial charge in [0.25, 0.3) is 0 Å². The summed E-state index contributed by atoms with van der Waals surface area (Å²) in [6, 6.07) is 8.23. The van der Waals surface area contributed by atoms with E-state index in [9.17, 15) is 0 Å². The minimum absolute atomic E-state index is 0.888. The molecule has 3 nitrogen and oxygen atoms in total. The van der Waals surface area contributed by atoms with Crippen LogP contribution in [-0.4, -0.2) is 12.1 Å². The maximum absolute atomic E-state index is 5.25. The van der Waals surface area contributed by atoms with Gasteiger partial charge in [0, 0.05) is 19.1 Å². The van der Waals surface area contributed by atoms with Crippen LogP contribution in [-0.2, 0) is 0 Å². The van der Waals surface area contributed by atoms with Crippen LogP contribution in [0.3, 0.4) is 0 Å². The highest BCUT2D eigenvalue weighted by Crippen LogP contribution is 2.25. The fourth-order valence-corrected chi connectivity index (χ4v) is 3.26. The van der Waals surface area contributed by atoms with Crippen molar-refractivity contribution in [2.24, 2.45) is 0 Å². The average Bonchev–Trinajstić information content (AvgIpc) is 2.65. The van der Waals surface area contributed by atoms with Gasteiger partial charge in [-0.1, -0.05) is 0 Å². The van der Waals surface area contributed by atoms with Gasteiger partial charge in [0.15, 0.2) is 11.2 Å². The Kier molecular flexibility index (Phi) is 2.26. The number of ether oxygens (including phenoxy) is 1. The van der Waals surface area contributed by atoms with E-state index in [1.54, 1.807) is 18.4 Å². The van der Waals surface area contributed by atoms with Crippen molar-refractivity contribution < 1.29 is 9.14 Å². The lowest BCUT2D eigenvalue weighted by molar-refractivity contribution is -0.488. The molecule has 17 heavy (non-hydrogen) atoms. The van der Waals surface area contributed by atoms with Crippen molar-refractivity contribution in [3.05, 3.63) is 35.7 Å². The molecule has 0 saturated heterocycles. The van der Waals surface area contributed by atoms with E-state index < -0.39 is 0 Å². The van der Waals surface area contributed by atoms with E-state index in [-0.39, 0.29) is 0 Å². The highest BCUT2D eigenvalue weighted by Gasteiger charge is 2.16. The van der Waals surface area contributed by atoms with Crippen LogP contribution in [0, 0.1) is 13.8 Å². The predicted molar refractivity (Wildman–Crippen MR) is 68.8 cm³/mol. The number of fused-ring (bicyclic) bond motifs is 3. The molecule has 0 aliphatic carbocycles. The van der Waals surface area contributed by atoms with E-state index in [2.05, 4.69) is 34.5 Å². The lowest BCUT2D eigenvalue weighted by atomic mass is 10.3. The fourth-order valence-electron chi connectivity index (χ4n) is 2.10. The summed E-state index contributed by atoms with van der Waals surface area (Å²) >= 11 is 1.69. The van der Waals surface area contributed by atoms with Crippen LogP contribution in [0.25, 0.3) is 15.2 Å². The first kappa shape index (κ1) is 10.5. The molecule has 2 aromatic heterocycles. The van der Waals surface area contributed by atoms with Gasteiger partial charge in [-0.3, -0.25) is 0 Å². The molecule has 0 atom stereocenters. The zero-order valence-corrected chi connectivity index (χ0v) is 10.8. The smallest absolute Gasteiger partial charge is 0.388 e. The summed E-state index contributed by atoms with van der Waals surface area (Å²) in [5, 5.41) is 0. The SMILES string of the molecule is COc1ccc2c(c1)sc1nc(C)cc(C)[n+]12. The van der Waals surface area contributed by atoms with Crippen LogP contribution in [0.2, 0.25) is 0 Å². The zero-order valence-electron chi connectivity index (χ0n) is 10.0. The molecule has 2 heterocycles. The summed E-state index contributed by atoms with van der Waals surface area (Å²) in [6.07, 6.45) is 0. The van der Waals surface area contributed by atoms with Crippen LogP contribution in [0.1, 0.15) is 11.4 Å². The van der Waals surface area contributed by atoms with Crippen molar-refractivity contribution in [2.75, 3.05) is 7.11 Å². The third-order valence-electron chi connectivity index (χ3n) is 2.84. The highest BCUT2D eigenvalue weighted by atomic mass is 32.1. The topological polar surface area (TPSA) is 26.2 Å². The molecule has 0 saturated carbocycles. The van der Waals surface area contributed by atoms with Gasteiger partial charge in [0.05, 0.1) is 11.8 Å². The summed E-state index contributed by atoms with van der Waals surface area (Å²) in [5.74, 6) is 0.888. The number of nitrogens with zero attached hydrogens (tertiary/aromatic N) is 2. The van der Waals surface area contributed by atoms with E-state index in [0.29, 0.717) is 0 Å². The van der Waals surface area contributed by atoms with Crippen molar-refractivity contribution in [3.63, 3.8) is 0 Å². The summed E-state index contributed by atoms with van der Waals surface area (Å²) < 4.78 is 8.64. The molecule has 3 aromatic rings. The monoisotopic (exact) mass is 245 g/mol. The summed E-state index contributed by atoms with van der Waals surface area (Å²) in [7, 11) is 1.69. The minimum atomic E-state index is 0.888. The third-order valence-corrected chi connectivity index (χ3v) is 3.85. The quantitative estimate of drug-likeness (QED) is 0.616. The molecule has 0 radical (unpaired) electrons. The Morgan fingerprint density at radius 2 is 2.06 bits per heavy atom. The van der Waals surface area contributed by atoms with Crippen molar-refractivity contribution in [2.45, 2.75) is 13.8 Å². The van der Waals surface area contributed by atoms with Crippen molar-refractivity contribution in [3.8, 4) is 5.75 Å². The van der Waals surface area contributed by atoms with Gasteiger partial charge in [-0.25, -0.2) is 0 Å². The molecule has 0 unspecified atom stereocenters. The van der Waals surface area contributed by atoms with Crippen LogP contribution in [0.4, 0.5) is 0 Å². The van der Waals surface area contributed by atoms with Gasteiger partial charge in [-0.2, -0.15) is 4.40 Å². The molecule has 86 valence electrons. The number of hydrogen-bond donors (Lipinski definition) is 0. The van der Waals surface area contributed by atoms with Crippen LogP contribution >= 0.6 is 11.3 Å². The Hall–Kier alpha value is -1.68. The molecule has 0 aliphatic rings. The van der Waals surface area contributed by atoms with E-state index in [4.69, 9.17) is 4.74 Å². The Balaban J connectivity index is 2.45. The van der Waals surface area contributed by atoms with E-state index in [0.717, 1.165) is 16.4 Å². The number of rotatable bonds is 1. The van der Waals surface area contributed by atoms with Gasteiger partial charge in [0.2, 0.25) is 0 Å². The molecule has 4 heteroatoms. The normalized spacial score (nSPS) is 11.2. The molecule has 0 bridgehead atoms. The highest BCUT2D eigenvalue weighted by molar-refractivity contribution is 7.22. The largest absolute Gasteiger partial charge is 0.497 e. The summed E-state index contributed by atoms with van der Waals surface area (Å²) in [5.41, 5.74) is 3.46. The Labute approximate surface area is 103 Å². The Bertz CT molecular complexity index is 718. The number of aromatic nitrogens is 2. The number of benzene rings is 1. The number of methoxy groups -OCH3 is 1. The third kappa shape index (κ3) is 1.56. The van der Waals surface area contributed by atoms with Gasteiger partial charge in [0.1, 0.15) is 11.4 Å². The van der Waals surface area contributed by atoms with Gasteiger partial charge >= 0.3 is 4.96 Å². The number of aryl methyl sites for hydroxylation is 2. The van der Waals surface area contributed by atoms with Gasteiger partial charge in [-0.15, -0.1) is 0 Å². The first-order chi connectivity index (χ1) is 8.19. The second kappa shape index (κ2) is 3.67. The number of thiazole rings is 1. The molecular formula is C13H13N2OS+. The first-order valence-corrected chi connectivity index (χ1v) is 6.27. The van der Waals surface area contributed by atoms with Crippen LogP contribution in [0.15, 0.2) is 24.3 Å². The fraction of sp³-hybridized carbons (Fsp3) is 0.231. The maximum atomic E-state index is 5.25. The molecule has 3 rings (SSSR count). The molecular weight excluding hydrogens is 232 g/mol. The maximum Gasteiger partial charge on any atom is 0.388 e. The van der Waals surface area contributed by atoms with Crippen molar-refractivity contribution in [1.29, 1.82) is 0 Å². The lowest BCUT2D eigenvalue weighted by Crippen LogP contribution is -2.24. The van der Waals surface area contributed by atoms with Crippen LogP contribution < -0.4 is 9.14 Å². The standard InChI is InChI=1S/C13H13N2OS/c1-8-6-9(2)15-11-5-4-10(16-3)7-12(11)17-13(15)14-8/h4-7H,1-3H3/q+1. The second-order valence-corrected chi connectivity index (χ2v) is 5.10. The van der Waals surface area contributed by atoms with Gasteiger partial charge < -0.3 is 4.74 Å². The van der Waals surface area contributed by atoms with Crippen LogP contribution in [0.5, 0.6) is 5.75 Å². The number of hydrogen-bond acceptors (Lipinski definition) is 3. The van der Waals surface area contributed by atoms with E-state index >= 15 is 0 Å². The lowest BCUT2D eigenvalue weighted by Gasteiger charge is -1.97. The molecule has 0 N–H and O–H groups in total. The molecule has 0 aliphatic heterocycles. The predicted octanol–water partition coefficient (Wildman–Crippen LogP) is 2.66. The molecule has 1 aromatic carbocycles. The Morgan fingerprint density at radius 1 is 1.24 bits per heavy atom. The van der Waals surface area contributed by atoms with Crippen molar-refractivity contribution in [1.82, 2.24) is 4.98 Å².